The highest BCUT2D eigenvalue weighted by Crippen LogP contribution is 2.31. The van der Waals surface area contributed by atoms with Crippen molar-refractivity contribution < 1.29 is 4.74 Å². The second-order valence-corrected chi connectivity index (χ2v) is 9.65. The molecule has 0 spiro atoms. The van der Waals surface area contributed by atoms with Gasteiger partial charge < -0.3 is 14.4 Å². The molecule has 1 aliphatic rings. The Kier molecular flexibility index (Phi) is 6.76. The Morgan fingerprint density at radius 3 is 2.58 bits per heavy atom. The van der Waals surface area contributed by atoms with E-state index < -0.39 is 0 Å². The van der Waals surface area contributed by atoms with Crippen molar-refractivity contribution in [3.63, 3.8) is 0 Å². The number of aromatic nitrogens is 3. The zero-order chi connectivity index (χ0) is 21.8. The molecular weight excluding hydrogens is 426 g/mol. The molecule has 0 unspecified atom stereocenters. The van der Waals surface area contributed by atoms with Crippen molar-refractivity contribution in [1.82, 2.24) is 15.0 Å². The lowest BCUT2D eigenvalue weighted by molar-refractivity contribution is 0.122. The number of aryl methyl sites for hydroxylation is 4. The van der Waals surface area contributed by atoms with Crippen LogP contribution in [0.2, 0.25) is 0 Å². The summed E-state index contributed by atoms with van der Waals surface area (Å²) >= 11 is 3.43. The summed E-state index contributed by atoms with van der Waals surface area (Å²) in [6.07, 6.45) is 3.41. The van der Waals surface area contributed by atoms with Gasteiger partial charge in [-0.3, -0.25) is 4.98 Å². The van der Waals surface area contributed by atoms with E-state index in [1.807, 2.05) is 37.4 Å². The number of hydrogen-bond acceptors (Lipinski definition) is 8. The minimum absolute atomic E-state index is 0.702. The first kappa shape index (κ1) is 21.6. The first-order valence-corrected chi connectivity index (χ1v) is 11.8. The molecule has 6 nitrogen and oxygen atoms in total. The third kappa shape index (κ3) is 5.18. The summed E-state index contributed by atoms with van der Waals surface area (Å²) in [4.78, 5) is 19.5. The summed E-state index contributed by atoms with van der Waals surface area (Å²) in [6.45, 7) is 11.3. The van der Waals surface area contributed by atoms with Crippen LogP contribution in [0.3, 0.4) is 0 Å². The van der Waals surface area contributed by atoms with Crippen LogP contribution in [0.15, 0.2) is 29.6 Å². The predicted molar refractivity (Wildman–Crippen MR) is 128 cm³/mol. The second-order valence-electron chi connectivity index (χ2n) is 7.35. The quantitative estimate of drug-likeness (QED) is 0.462. The Bertz CT molecular complexity index is 1140. The zero-order valence-electron chi connectivity index (χ0n) is 18.2. The molecule has 0 atom stereocenters. The van der Waals surface area contributed by atoms with E-state index in [-0.39, 0.29) is 0 Å². The van der Waals surface area contributed by atoms with Gasteiger partial charge in [0.15, 0.2) is 0 Å². The van der Waals surface area contributed by atoms with Gasteiger partial charge in [0.25, 0.3) is 0 Å². The molecular formula is C23H25N5OS2. The number of nitrogens with one attached hydrogen (secondary N) is 1. The standard InChI is InChI=1S/C23H25N5OS2/c1-15-11-22(18(4)30-15)31-27-21-12-19(13-24-17(21)3)5-6-20-16(2)25-14-26-23(20)28-7-9-29-10-8-28/h11-14,27H,7-10H2,1-4H3. The van der Waals surface area contributed by atoms with E-state index in [0.717, 1.165) is 47.1 Å². The molecule has 0 radical (unpaired) electrons. The van der Waals surface area contributed by atoms with Gasteiger partial charge in [-0.15, -0.1) is 11.3 Å². The summed E-state index contributed by atoms with van der Waals surface area (Å²) in [5.74, 6) is 7.44. The Balaban J connectivity index is 1.57. The van der Waals surface area contributed by atoms with Crippen LogP contribution in [0.1, 0.15) is 32.3 Å². The molecule has 1 saturated heterocycles. The minimum atomic E-state index is 0.702. The van der Waals surface area contributed by atoms with Crippen molar-refractivity contribution in [2.75, 3.05) is 35.9 Å². The maximum Gasteiger partial charge on any atom is 0.148 e. The Labute approximate surface area is 191 Å². The first-order valence-electron chi connectivity index (χ1n) is 10.1. The lowest BCUT2D eigenvalue weighted by atomic mass is 10.1. The predicted octanol–water partition coefficient (Wildman–Crippen LogP) is 4.52. The average Bonchev–Trinajstić information content (AvgIpc) is 3.10. The van der Waals surface area contributed by atoms with E-state index >= 15 is 0 Å². The van der Waals surface area contributed by atoms with Gasteiger partial charge in [0, 0.05) is 39.5 Å². The van der Waals surface area contributed by atoms with Gasteiger partial charge in [0.1, 0.15) is 12.1 Å². The van der Waals surface area contributed by atoms with Gasteiger partial charge in [-0.2, -0.15) is 0 Å². The Hall–Kier alpha value is -2.60. The van der Waals surface area contributed by atoms with Crippen LogP contribution >= 0.6 is 23.3 Å². The molecule has 31 heavy (non-hydrogen) atoms. The Morgan fingerprint density at radius 1 is 1.03 bits per heavy atom. The van der Waals surface area contributed by atoms with Crippen LogP contribution in [-0.2, 0) is 4.74 Å². The van der Waals surface area contributed by atoms with E-state index in [1.54, 1.807) is 18.3 Å². The van der Waals surface area contributed by atoms with Crippen molar-refractivity contribution in [2.24, 2.45) is 0 Å². The largest absolute Gasteiger partial charge is 0.378 e. The van der Waals surface area contributed by atoms with Crippen LogP contribution in [-0.4, -0.2) is 41.3 Å². The smallest absolute Gasteiger partial charge is 0.148 e. The molecule has 4 heterocycles. The number of ether oxygens (including phenoxy) is 1. The highest BCUT2D eigenvalue weighted by atomic mass is 32.2. The van der Waals surface area contributed by atoms with Crippen LogP contribution in [0, 0.1) is 39.5 Å². The summed E-state index contributed by atoms with van der Waals surface area (Å²) in [5.41, 5.74) is 4.49. The van der Waals surface area contributed by atoms with Crippen LogP contribution in [0.25, 0.3) is 0 Å². The minimum Gasteiger partial charge on any atom is -0.378 e. The molecule has 0 amide bonds. The summed E-state index contributed by atoms with van der Waals surface area (Å²) in [6, 6.07) is 4.25. The maximum atomic E-state index is 5.47. The van der Waals surface area contributed by atoms with E-state index in [4.69, 9.17) is 4.74 Å². The molecule has 1 aliphatic heterocycles. The molecule has 3 aromatic heterocycles. The van der Waals surface area contributed by atoms with Gasteiger partial charge in [0.2, 0.25) is 0 Å². The normalized spacial score (nSPS) is 13.6. The van der Waals surface area contributed by atoms with E-state index in [1.165, 1.54) is 14.6 Å². The third-order valence-electron chi connectivity index (χ3n) is 5.01. The number of pyridine rings is 1. The third-order valence-corrected chi connectivity index (χ3v) is 7.07. The molecule has 8 heteroatoms. The molecule has 0 saturated carbocycles. The number of morpholine rings is 1. The van der Waals surface area contributed by atoms with Gasteiger partial charge in [-0.05, 0) is 51.8 Å². The zero-order valence-corrected chi connectivity index (χ0v) is 19.8. The van der Waals surface area contributed by atoms with Gasteiger partial charge >= 0.3 is 0 Å². The highest BCUT2D eigenvalue weighted by Gasteiger charge is 2.17. The maximum absolute atomic E-state index is 5.47. The lowest BCUT2D eigenvalue weighted by Crippen LogP contribution is -2.37. The molecule has 0 aliphatic carbocycles. The van der Waals surface area contributed by atoms with E-state index in [9.17, 15) is 0 Å². The SMILES string of the molecule is Cc1cc(SNc2cc(C#Cc3c(C)ncnc3N3CCOCC3)cnc2C)c(C)s1. The molecule has 4 rings (SSSR count). The molecule has 0 bridgehead atoms. The molecule has 1 fully saturated rings. The highest BCUT2D eigenvalue weighted by molar-refractivity contribution is 8.00. The molecule has 1 N–H and O–H groups in total. The summed E-state index contributed by atoms with van der Waals surface area (Å²) < 4.78 is 8.91. The number of anilines is 2. The fourth-order valence-electron chi connectivity index (χ4n) is 3.28. The van der Waals surface area contributed by atoms with Gasteiger partial charge in [-0.25, -0.2) is 9.97 Å². The topological polar surface area (TPSA) is 63.2 Å². The van der Waals surface area contributed by atoms with Crippen LogP contribution < -0.4 is 9.62 Å². The van der Waals surface area contributed by atoms with E-state index in [2.05, 4.69) is 56.3 Å². The van der Waals surface area contributed by atoms with E-state index in [0.29, 0.717) is 13.2 Å². The number of hydrogen-bond donors (Lipinski definition) is 1. The fourth-order valence-corrected chi connectivity index (χ4v) is 5.23. The molecule has 0 aromatic carbocycles. The number of nitrogens with zero attached hydrogens (tertiary/aromatic N) is 4. The van der Waals surface area contributed by atoms with Crippen molar-refractivity contribution in [3.05, 3.63) is 56.9 Å². The van der Waals surface area contributed by atoms with Crippen molar-refractivity contribution in [3.8, 4) is 11.8 Å². The fraction of sp³-hybridized carbons (Fsp3) is 0.348. The van der Waals surface area contributed by atoms with Gasteiger partial charge in [0.05, 0.1) is 35.9 Å². The van der Waals surface area contributed by atoms with Gasteiger partial charge in [-0.1, -0.05) is 11.8 Å². The number of rotatable bonds is 4. The van der Waals surface area contributed by atoms with Crippen LogP contribution in [0.4, 0.5) is 11.5 Å². The number of thiophene rings is 1. The molecule has 160 valence electrons. The lowest BCUT2D eigenvalue weighted by Gasteiger charge is -2.28. The van der Waals surface area contributed by atoms with Crippen molar-refractivity contribution in [2.45, 2.75) is 32.6 Å². The summed E-state index contributed by atoms with van der Waals surface area (Å²) in [5, 5.41) is 0. The summed E-state index contributed by atoms with van der Waals surface area (Å²) in [7, 11) is 0. The molecule has 3 aromatic rings. The average molecular weight is 452 g/mol. The first-order chi connectivity index (χ1) is 15.0. The van der Waals surface area contributed by atoms with Crippen molar-refractivity contribution >= 4 is 34.8 Å². The second kappa shape index (κ2) is 9.69. The van der Waals surface area contributed by atoms with Crippen molar-refractivity contribution in [1.29, 1.82) is 0 Å². The monoisotopic (exact) mass is 451 g/mol. The van der Waals surface area contributed by atoms with Crippen LogP contribution in [0.5, 0.6) is 0 Å². The Morgan fingerprint density at radius 2 is 1.84 bits per heavy atom.